The van der Waals surface area contributed by atoms with Gasteiger partial charge in [-0.25, -0.2) is 4.68 Å². The van der Waals surface area contributed by atoms with E-state index in [0.717, 1.165) is 40.8 Å². The van der Waals surface area contributed by atoms with Crippen molar-refractivity contribution >= 4 is 40.0 Å². The quantitative estimate of drug-likeness (QED) is 0.483. The van der Waals surface area contributed by atoms with Crippen LogP contribution in [0, 0.1) is 10.5 Å². The van der Waals surface area contributed by atoms with E-state index >= 15 is 0 Å². The first-order chi connectivity index (χ1) is 12.1. The highest BCUT2D eigenvalue weighted by Gasteiger charge is 2.22. The summed E-state index contributed by atoms with van der Waals surface area (Å²) in [5.41, 5.74) is 5.63. The Morgan fingerprint density at radius 2 is 1.92 bits per heavy atom. The fraction of sp³-hybridized carbons (Fsp3) is 0.250. The molecule has 0 spiro atoms. The maximum absolute atomic E-state index is 6.36. The van der Waals surface area contributed by atoms with Crippen LogP contribution in [-0.2, 0) is 6.42 Å². The molecule has 4 rings (SSSR count). The summed E-state index contributed by atoms with van der Waals surface area (Å²) in [6.45, 7) is 3.03. The van der Waals surface area contributed by atoms with Crippen LogP contribution in [0.5, 0.6) is 0 Å². The first-order valence-corrected chi connectivity index (χ1v) is 9.98. The fourth-order valence-electron chi connectivity index (χ4n) is 3.34. The number of hydrogen-bond acceptors (Lipinski definition) is 2. The molecule has 1 aromatic heterocycles. The third-order valence-corrected chi connectivity index (χ3v) is 5.84. The Morgan fingerprint density at radius 3 is 2.72 bits per heavy atom. The summed E-state index contributed by atoms with van der Waals surface area (Å²) in [5.74, 6) is 1.11. The van der Waals surface area contributed by atoms with E-state index < -0.39 is 0 Å². The highest BCUT2D eigenvalue weighted by molar-refractivity contribution is 14.1. The first-order valence-electron chi connectivity index (χ1n) is 8.52. The summed E-state index contributed by atoms with van der Waals surface area (Å²) in [7, 11) is 0. The maximum Gasteiger partial charge on any atom is 0.133 e. The van der Waals surface area contributed by atoms with Crippen LogP contribution in [0.3, 0.4) is 0 Å². The monoisotopic (exact) mass is 463 g/mol. The Balaban J connectivity index is 1.93. The molecule has 3 nitrogen and oxygen atoms in total. The summed E-state index contributed by atoms with van der Waals surface area (Å²) in [4.78, 5) is 0. The molecule has 1 aliphatic heterocycles. The first kappa shape index (κ1) is 16.9. The molecule has 3 aromatic rings. The highest BCUT2D eigenvalue weighted by atomic mass is 127. The smallest absolute Gasteiger partial charge is 0.133 e. The summed E-state index contributed by atoms with van der Waals surface area (Å²) in [6.07, 6.45) is 3.40. The van der Waals surface area contributed by atoms with Gasteiger partial charge in [0.05, 0.1) is 11.4 Å². The second-order valence-corrected chi connectivity index (χ2v) is 8.02. The van der Waals surface area contributed by atoms with Crippen LogP contribution in [0.25, 0.3) is 16.9 Å². The average Bonchev–Trinajstić information content (AvgIpc) is 2.80. The molecule has 1 aliphatic rings. The Labute approximate surface area is 166 Å². The maximum atomic E-state index is 6.36. The standard InChI is InChI=1S/C20H19ClIN3/c1-13-17(21)6-4-7-18(13)25-20-16(5-2-3-12-23-20)19(24-25)14-8-10-15(22)11-9-14/h4,6-11,23H,2-3,5,12H2,1H3. The van der Waals surface area contributed by atoms with E-state index in [1.807, 2.05) is 23.7 Å². The molecule has 25 heavy (non-hydrogen) atoms. The van der Waals surface area contributed by atoms with Crippen LogP contribution in [0.4, 0.5) is 5.82 Å². The number of halogens is 2. The van der Waals surface area contributed by atoms with Crippen molar-refractivity contribution in [3.8, 4) is 16.9 Å². The number of nitrogens with one attached hydrogen (secondary N) is 1. The molecule has 0 atom stereocenters. The van der Waals surface area contributed by atoms with Crippen molar-refractivity contribution < 1.29 is 0 Å². The second kappa shape index (κ2) is 7.00. The predicted octanol–water partition coefficient (Wildman–Crippen LogP) is 5.85. The van der Waals surface area contributed by atoms with Gasteiger partial charge in [-0.15, -0.1) is 0 Å². The van der Waals surface area contributed by atoms with Crippen molar-refractivity contribution in [1.29, 1.82) is 0 Å². The van der Waals surface area contributed by atoms with Gasteiger partial charge in [0.15, 0.2) is 0 Å². The van der Waals surface area contributed by atoms with E-state index in [9.17, 15) is 0 Å². The van der Waals surface area contributed by atoms with Gasteiger partial charge in [0.2, 0.25) is 0 Å². The second-order valence-electron chi connectivity index (χ2n) is 6.36. The molecule has 0 fully saturated rings. The summed E-state index contributed by atoms with van der Waals surface area (Å²) in [6, 6.07) is 14.6. The Kier molecular flexibility index (Phi) is 4.73. The number of benzene rings is 2. The minimum Gasteiger partial charge on any atom is -0.370 e. The molecule has 0 unspecified atom stereocenters. The number of aromatic nitrogens is 2. The van der Waals surface area contributed by atoms with E-state index in [4.69, 9.17) is 16.7 Å². The van der Waals surface area contributed by atoms with Crippen LogP contribution >= 0.6 is 34.2 Å². The molecule has 0 bridgehead atoms. The molecule has 0 aliphatic carbocycles. The highest BCUT2D eigenvalue weighted by Crippen LogP contribution is 2.35. The average molecular weight is 464 g/mol. The van der Waals surface area contributed by atoms with E-state index in [1.54, 1.807) is 0 Å². The van der Waals surface area contributed by atoms with Crippen molar-refractivity contribution in [3.05, 3.63) is 62.2 Å². The summed E-state index contributed by atoms with van der Waals surface area (Å²) >= 11 is 8.69. The lowest BCUT2D eigenvalue weighted by Gasteiger charge is -2.12. The van der Waals surface area contributed by atoms with E-state index in [0.29, 0.717) is 0 Å². The molecule has 0 saturated carbocycles. The Hall–Kier alpha value is -1.53. The number of anilines is 1. The Bertz CT molecular complexity index is 915. The van der Waals surface area contributed by atoms with Gasteiger partial charge >= 0.3 is 0 Å². The predicted molar refractivity (Wildman–Crippen MR) is 113 cm³/mol. The molecule has 0 amide bonds. The van der Waals surface area contributed by atoms with Gasteiger partial charge in [0, 0.05) is 26.3 Å². The van der Waals surface area contributed by atoms with Gasteiger partial charge in [-0.05, 0) is 78.6 Å². The zero-order valence-corrected chi connectivity index (χ0v) is 16.9. The van der Waals surface area contributed by atoms with Crippen molar-refractivity contribution in [3.63, 3.8) is 0 Å². The summed E-state index contributed by atoms with van der Waals surface area (Å²) in [5, 5.41) is 9.36. The van der Waals surface area contributed by atoms with Gasteiger partial charge in [0.1, 0.15) is 5.82 Å². The SMILES string of the molecule is Cc1c(Cl)cccc1-n1nc(-c2ccc(I)cc2)c2c1NCCCC2. The molecule has 5 heteroatoms. The number of rotatable bonds is 2. The third kappa shape index (κ3) is 3.17. The van der Waals surface area contributed by atoms with Crippen LogP contribution in [0.15, 0.2) is 42.5 Å². The Morgan fingerprint density at radius 1 is 1.12 bits per heavy atom. The van der Waals surface area contributed by atoms with Crippen LogP contribution < -0.4 is 5.32 Å². The lowest BCUT2D eigenvalue weighted by atomic mass is 10.0. The van der Waals surface area contributed by atoms with Gasteiger partial charge in [0.25, 0.3) is 0 Å². The summed E-state index contributed by atoms with van der Waals surface area (Å²) < 4.78 is 3.27. The number of nitrogens with zero attached hydrogens (tertiary/aromatic N) is 2. The van der Waals surface area contributed by atoms with Crippen LogP contribution in [0.2, 0.25) is 5.02 Å². The molecule has 2 aromatic carbocycles. The molecular weight excluding hydrogens is 445 g/mol. The van der Waals surface area contributed by atoms with Crippen molar-refractivity contribution in [1.82, 2.24) is 9.78 Å². The zero-order valence-electron chi connectivity index (χ0n) is 14.0. The zero-order chi connectivity index (χ0) is 17.4. The third-order valence-electron chi connectivity index (χ3n) is 4.71. The minimum atomic E-state index is 0.770. The lowest BCUT2D eigenvalue weighted by molar-refractivity contribution is 0.779. The molecule has 0 radical (unpaired) electrons. The lowest BCUT2D eigenvalue weighted by Crippen LogP contribution is -2.08. The van der Waals surface area contributed by atoms with E-state index in [1.165, 1.54) is 27.5 Å². The van der Waals surface area contributed by atoms with Crippen LogP contribution in [-0.4, -0.2) is 16.3 Å². The number of fused-ring (bicyclic) bond motifs is 1. The molecule has 0 saturated heterocycles. The fourth-order valence-corrected chi connectivity index (χ4v) is 3.87. The molecule has 1 N–H and O–H groups in total. The van der Waals surface area contributed by atoms with Gasteiger partial charge in [-0.1, -0.05) is 29.8 Å². The van der Waals surface area contributed by atoms with Crippen molar-refractivity contribution in [2.24, 2.45) is 0 Å². The largest absolute Gasteiger partial charge is 0.370 e. The number of hydrogen-bond donors (Lipinski definition) is 1. The van der Waals surface area contributed by atoms with E-state index in [-0.39, 0.29) is 0 Å². The molecule has 2 heterocycles. The van der Waals surface area contributed by atoms with Gasteiger partial charge < -0.3 is 5.32 Å². The van der Waals surface area contributed by atoms with Gasteiger partial charge in [-0.2, -0.15) is 5.10 Å². The topological polar surface area (TPSA) is 29.9 Å². The normalized spacial score (nSPS) is 13.9. The van der Waals surface area contributed by atoms with Gasteiger partial charge in [-0.3, -0.25) is 0 Å². The van der Waals surface area contributed by atoms with E-state index in [2.05, 4.69) is 58.2 Å². The van der Waals surface area contributed by atoms with Crippen molar-refractivity contribution in [2.45, 2.75) is 26.2 Å². The van der Waals surface area contributed by atoms with Crippen LogP contribution in [0.1, 0.15) is 24.0 Å². The molecular formula is C20H19ClIN3. The van der Waals surface area contributed by atoms with Crippen molar-refractivity contribution in [2.75, 3.05) is 11.9 Å². The molecule has 128 valence electrons. The minimum absolute atomic E-state index is 0.770.